The van der Waals surface area contributed by atoms with Gasteiger partial charge in [-0.15, -0.1) is 0 Å². The first-order valence-electron chi connectivity index (χ1n) is 10.4. The van der Waals surface area contributed by atoms with E-state index in [9.17, 15) is 9.90 Å². The number of aliphatic hydroxyl groups excluding tert-OH is 3. The van der Waals surface area contributed by atoms with E-state index in [1.54, 1.807) is 6.08 Å². The highest BCUT2D eigenvalue weighted by atomic mass is 16.6. The van der Waals surface area contributed by atoms with Crippen LogP contribution in [-0.4, -0.2) is 46.7 Å². The average molecular weight is 395 g/mol. The summed E-state index contributed by atoms with van der Waals surface area (Å²) in [6.45, 7) is 1.46. The molecule has 0 unspecified atom stereocenters. The van der Waals surface area contributed by atoms with E-state index in [-0.39, 0.29) is 19.6 Å². The number of rotatable bonds is 17. The Kier molecular flexibility index (Phi) is 18.8. The van der Waals surface area contributed by atoms with Gasteiger partial charge in [0.1, 0.15) is 6.10 Å². The lowest BCUT2D eigenvalue weighted by atomic mass is 10.2. The van der Waals surface area contributed by atoms with Gasteiger partial charge in [-0.2, -0.15) is 0 Å². The van der Waals surface area contributed by atoms with Crippen LogP contribution in [0.5, 0.6) is 0 Å². The Morgan fingerprint density at radius 1 is 0.929 bits per heavy atom. The highest BCUT2D eigenvalue weighted by Gasteiger charge is 2.11. The predicted molar refractivity (Wildman–Crippen MR) is 114 cm³/mol. The van der Waals surface area contributed by atoms with Gasteiger partial charge in [0, 0.05) is 6.42 Å². The van der Waals surface area contributed by atoms with E-state index >= 15 is 0 Å². The first-order chi connectivity index (χ1) is 13.6. The molecule has 5 heteroatoms. The molecule has 3 N–H and O–H groups in total. The molecule has 1 atom stereocenters. The van der Waals surface area contributed by atoms with Gasteiger partial charge in [0.25, 0.3) is 0 Å². The second-order valence-corrected chi connectivity index (χ2v) is 6.66. The lowest BCUT2D eigenvalue weighted by Crippen LogP contribution is -2.25. The standard InChI is InChI=1S/C23H38O5/c1-2-3-4-5-7-10-13-16-21(26)17-14-11-8-6-9-12-15-18-23(27)28-22(19-24)20-25/h6-7,9-11,13-14,16,21-22,24-26H,2-5,8,12,15,17-20H2,1H3/b9-6-,10-7-,14-11-,16-13+/t21-/m1/s1. The molecule has 0 heterocycles. The molecule has 0 aromatic rings. The van der Waals surface area contributed by atoms with Crippen molar-refractivity contribution in [2.75, 3.05) is 13.2 Å². The van der Waals surface area contributed by atoms with E-state index in [4.69, 9.17) is 14.9 Å². The van der Waals surface area contributed by atoms with Crippen molar-refractivity contribution >= 4 is 5.97 Å². The van der Waals surface area contributed by atoms with Gasteiger partial charge in [-0.1, -0.05) is 68.4 Å². The third-order valence-corrected chi connectivity index (χ3v) is 3.99. The smallest absolute Gasteiger partial charge is 0.306 e. The van der Waals surface area contributed by atoms with Crippen molar-refractivity contribution in [1.82, 2.24) is 0 Å². The van der Waals surface area contributed by atoms with Crippen LogP contribution in [0.4, 0.5) is 0 Å². The monoisotopic (exact) mass is 394 g/mol. The zero-order chi connectivity index (χ0) is 20.9. The molecule has 0 aliphatic carbocycles. The number of allylic oxidation sites excluding steroid dienone is 6. The largest absolute Gasteiger partial charge is 0.457 e. The number of hydrogen-bond donors (Lipinski definition) is 3. The molecule has 0 radical (unpaired) electrons. The van der Waals surface area contributed by atoms with Gasteiger partial charge in [-0.25, -0.2) is 0 Å². The van der Waals surface area contributed by atoms with Crippen molar-refractivity contribution in [2.45, 2.75) is 76.9 Å². The van der Waals surface area contributed by atoms with E-state index < -0.39 is 18.2 Å². The minimum Gasteiger partial charge on any atom is -0.457 e. The van der Waals surface area contributed by atoms with Crippen molar-refractivity contribution in [1.29, 1.82) is 0 Å². The molecule has 28 heavy (non-hydrogen) atoms. The van der Waals surface area contributed by atoms with Crippen LogP contribution >= 0.6 is 0 Å². The van der Waals surface area contributed by atoms with Crippen molar-refractivity contribution in [3.8, 4) is 0 Å². The number of ether oxygens (including phenoxy) is 1. The fourth-order valence-electron chi connectivity index (χ4n) is 2.32. The number of aliphatic hydroxyl groups is 3. The van der Waals surface area contributed by atoms with Crippen LogP contribution in [0.25, 0.3) is 0 Å². The molecule has 0 amide bonds. The highest BCUT2D eigenvalue weighted by Crippen LogP contribution is 2.03. The Morgan fingerprint density at radius 2 is 1.64 bits per heavy atom. The molecule has 0 saturated heterocycles. The number of hydrogen-bond acceptors (Lipinski definition) is 5. The summed E-state index contributed by atoms with van der Waals surface area (Å²) in [6.07, 6.45) is 22.4. The Labute approximate surface area is 170 Å². The summed E-state index contributed by atoms with van der Waals surface area (Å²) >= 11 is 0. The second kappa shape index (κ2) is 20.1. The van der Waals surface area contributed by atoms with Crippen LogP contribution in [-0.2, 0) is 9.53 Å². The maximum Gasteiger partial charge on any atom is 0.306 e. The lowest BCUT2D eigenvalue weighted by Gasteiger charge is -2.11. The van der Waals surface area contributed by atoms with Crippen molar-refractivity contribution < 1.29 is 24.9 Å². The van der Waals surface area contributed by atoms with Gasteiger partial charge in [0.05, 0.1) is 19.3 Å². The molecule has 0 aromatic carbocycles. The normalized spacial score (nSPS) is 13.6. The highest BCUT2D eigenvalue weighted by molar-refractivity contribution is 5.69. The van der Waals surface area contributed by atoms with Crippen LogP contribution in [0.3, 0.4) is 0 Å². The van der Waals surface area contributed by atoms with E-state index in [2.05, 4.69) is 13.0 Å². The molecule has 5 nitrogen and oxygen atoms in total. The van der Waals surface area contributed by atoms with Crippen LogP contribution in [0.2, 0.25) is 0 Å². The minimum atomic E-state index is -0.819. The zero-order valence-corrected chi connectivity index (χ0v) is 17.2. The van der Waals surface area contributed by atoms with Gasteiger partial charge in [0.2, 0.25) is 0 Å². The van der Waals surface area contributed by atoms with Crippen molar-refractivity contribution in [3.05, 3.63) is 48.6 Å². The Hall–Kier alpha value is -1.69. The van der Waals surface area contributed by atoms with Crippen LogP contribution in [0.1, 0.15) is 64.7 Å². The quantitative estimate of drug-likeness (QED) is 0.150. The molecular weight excluding hydrogens is 356 g/mol. The summed E-state index contributed by atoms with van der Waals surface area (Å²) in [5.74, 6) is -0.403. The fraction of sp³-hybridized carbons (Fsp3) is 0.609. The molecule has 0 aromatic heterocycles. The maximum absolute atomic E-state index is 11.4. The van der Waals surface area contributed by atoms with Crippen molar-refractivity contribution in [3.63, 3.8) is 0 Å². The Bertz CT molecular complexity index is 475. The minimum absolute atomic E-state index is 0.266. The second-order valence-electron chi connectivity index (χ2n) is 6.66. The lowest BCUT2D eigenvalue weighted by molar-refractivity contribution is -0.153. The topological polar surface area (TPSA) is 87.0 Å². The van der Waals surface area contributed by atoms with Gasteiger partial charge >= 0.3 is 5.97 Å². The summed E-state index contributed by atoms with van der Waals surface area (Å²) in [7, 11) is 0. The zero-order valence-electron chi connectivity index (χ0n) is 17.2. The Morgan fingerprint density at radius 3 is 2.36 bits per heavy atom. The number of carbonyl (C=O) groups is 1. The molecule has 0 fully saturated rings. The Balaban J connectivity index is 3.70. The van der Waals surface area contributed by atoms with Gasteiger partial charge in [0.15, 0.2) is 0 Å². The summed E-state index contributed by atoms with van der Waals surface area (Å²) in [6, 6.07) is 0. The van der Waals surface area contributed by atoms with Crippen molar-refractivity contribution in [2.24, 2.45) is 0 Å². The van der Waals surface area contributed by atoms with Crippen LogP contribution < -0.4 is 0 Å². The molecule has 0 aliphatic rings. The third kappa shape index (κ3) is 17.7. The summed E-state index contributed by atoms with van der Waals surface area (Å²) in [4.78, 5) is 11.4. The molecule has 0 rings (SSSR count). The number of unbranched alkanes of at least 4 members (excludes halogenated alkanes) is 4. The molecule has 160 valence electrons. The molecule has 0 saturated carbocycles. The summed E-state index contributed by atoms with van der Waals surface area (Å²) < 4.78 is 4.88. The van der Waals surface area contributed by atoms with E-state index in [1.807, 2.05) is 36.5 Å². The summed E-state index contributed by atoms with van der Waals surface area (Å²) in [5.41, 5.74) is 0. The molecule has 0 bridgehead atoms. The van der Waals surface area contributed by atoms with E-state index in [0.29, 0.717) is 12.8 Å². The molecule has 0 spiro atoms. The van der Waals surface area contributed by atoms with Gasteiger partial charge in [-0.05, 0) is 38.5 Å². The average Bonchev–Trinajstić information content (AvgIpc) is 2.70. The van der Waals surface area contributed by atoms with Gasteiger partial charge in [-0.3, -0.25) is 4.79 Å². The maximum atomic E-state index is 11.4. The number of carbonyl (C=O) groups excluding carboxylic acids is 1. The third-order valence-electron chi connectivity index (χ3n) is 3.99. The molecule has 0 aliphatic heterocycles. The first kappa shape index (κ1) is 26.3. The predicted octanol–water partition coefficient (Wildman–Crippen LogP) is 4.00. The first-order valence-corrected chi connectivity index (χ1v) is 10.4. The van der Waals surface area contributed by atoms with Crippen LogP contribution in [0.15, 0.2) is 48.6 Å². The summed E-state index contributed by atoms with van der Waals surface area (Å²) in [5, 5.41) is 27.5. The van der Waals surface area contributed by atoms with E-state index in [1.165, 1.54) is 19.3 Å². The number of esters is 1. The van der Waals surface area contributed by atoms with Gasteiger partial charge < -0.3 is 20.1 Å². The molecular formula is C23H38O5. The fourth-order valence-corrected chi connectivity index (χ4v) is 2.32. The van der Waals surface area contributed by atoms with Crippen LogP contribution in [0, 0.1) is 0 Å². The van der Waals surface area contributed by atoms with E-state index in [0.717, 1.165) is 19.3 Å². The SMILES string of the molecule is CCCCC/C=C\C=C\[C@@H](O)C/C=C\C/C=C\CCCC(=O)OC(CO)CO.